The largest absolute Gasteiger partial charge is 0.486 e. The Hall–Kier alpha value is -2.41. The molecule has 126 valence electrons. The van der Waals surface area contributed by atoms with Crippen molar-refractivity contribution < 1.29 is 19.4 Å². The van der Waals surface area contributed by atoms with E-state index in [1.54, 1.807) is 5.38 Å². The molecule has 1 amide bonds. The highest BCUT2D eigenvalue weighted by molar-refractivity contribution is 7.09. The van der Waals surface area contributed by atoms with Gasteiger partial charge >= 0.3 is 5.97 Å². The molecular formula is C17H18N2O4S. The molecule has 0 aliphatic heterocycles. The van der Waals surface area contributed by atoms with E-state index in [4.69, 9.17) is 9.84 Å². The molecule has 0 unspecified atom stereocenters. The van der Waals surface area contributed by atoms with E-state index < -0.39 is 11.5 Å². The average Bonchev–Trinajstić information content (AvgIpc) is 3.19. The number of ether oxygens (including phenoxy) is 1. The molecule has 1 heterocycles. The van der Waals surface area contributed by atoms with Gasteiger partial charge in [0.05, 0.1) is 12.1 Å². The van der Waals surface area contributed by atoms with Gasteiger partial charge in [-0.3, -0.25) is 4.79 Å². The van der Waals surface area contributed by atoms with Crippen molar-refractivity contribution in [1.82, 2.24) is 10.3 Å². The lowest BCUT2D eigenvalue weighted by Crippen LogP contribution is -2.43. The van der Waals surface area contributed by atoms with Crippen LogP contribution in [-0.4, -0.2) is 27.5 Å². The minimum absolute atomic E-state index is 0.0794. The third kappa shape index (κ3) is 3.91. The van der Waals surface area contributed by atoms with Crippen LogP contribution in [0.3, 0.4) is 0 Å². The number of hydrogen-bond donors (Lipinski definition) is 2. The normalized spacial score (nSPS) is 14.9. The smallest absolute Gasteiger partial charge is 0.329 e. The summed E-state index contributed by atoms with van der Waals surface area (Å²) in [6.45, 7) is 2.35. The van der Waals surface area contributed by atoms with Crippen molar-refractivity contribution >= 4 is 23.2 Å². The fourth-order valence-electron chi connectivity index (χ4n) is 2.27. The van der Waals surface area contributed by atoms with E-state index in [1.807, 2.05) is 31.2 Å². The van der Waals surface area contributed by atoms with E-state index in [9.17, 15) is 9.59 Å². The van der Waals surface area contributed by atoms with Gasteiger partial charge in [0.25, 0.3) is 0 Å². The third-order valence-corrected chi connectivity index (χ3v) is 4.73. The van der Waals surface area contributed by atoms with E-state index in [0.717, 1.165) is 10.8 Å². The molecule has 0 atom stereocenters. The van der Waals surface area contributed by atoms with Crippen LogP contribution >= 0.6 is 11.3 Å². The molecular weight excluding hydrogens is 328 g/mol. The maximum atomic E-state index is 12.0. The molecule has 1 aromatic heterocycles. The number of aliphatic carboxylic acids is 1. The standard InChI is InChI=1S/C17H18N2O4S/c1-11-2-4-13(5-3-11)23-9-15-18-12(10-24-15)8-14(20)19-17(6-7-17)16(21)22/h2-5,10H,6-9H2,1H3,(H,19,20)(H,21,22). The van der Waals surface area contributed by atoms with Crippen LogP contribution < -0.4 is 10.1 Å². The van der Waals surface area contributed by atoms with Crippen molar-refractivity contribution in [3.05, 3.63) is 45.9 Å². The summed E-state index contributed by atoms with van der Waals surface area (Å²) in [4.78, 5) is 27.4. The number of aromatic nitrogens is 1. The van der Waals surface area contributed by atoms with Crippen LogP contribution in [-0.2, 0) is 22.6 Å². The summed E-state index contributed by atoms with van der Waals surface area (Å²) >= 11 is 1.42. The molecule has 7 heteroatoms. The van der Waals surface area contributed by atoms with Crippen LogP contribution in [0.2, 0.25) is 0 Å². The van der Waals surface area contributed by atoms with Gasteiger partial charge < -0.3 is 15.2 Å². The summed E-state index contributed by atoms with van der Waals surface area (Å²) in [7, 11) is 0. The molecule has 1 saturated carbocycles. The number of rotatable bonds is 7. The number of nitrogens with zero attached hydrogens (tertiary/aromatic N) is 1. The number of nitrogens with one attached hydrogen (secondary N) is 1. The maximum absolute atomic E-state index is 12.0. The summed E-state index contributed by atoms with van der Waals surface area (Å²) < 4.78 is 5.66. The lowest BCUT2D eigenvalue weighted by molar-refractivity contribution is -0.143. The first-order valence-corrected chi connectivity index (χ1v) is 8.52. The van der Waals surface area contributed by atoms with Crippen molar-refractivity contribution in [2.24, 2.45) is 0 Å². The summed E-state index contributed by atoms with van der Waals surface area (Å²) in [5.41, 5.74) is 0.741. The predicted molar refractivity (Wildman–Crippen MR) is 89.1 cm³/mol. The van der Waals surface area contributed by atoms with Crippen LogP contribution in [0.1, 0.15) is 29.1 Å². The number of hydrogen-bond acceptors (Lipinski definition) is 5. The molecule has 2 aromatic rings. The molecule has 3 rings (SSSR count). The fourth-order valence-corrected chi connectivity index (χ4v) is 2.97. The zero-order valence-corrected chi connectivity index (χ0v) is 14.1. The molecule has 1 aliphatic rings. The first-order valence-electron chi connectivity index (χ1n) is 7.64. The van der Waals surface area contributed by atoms with Gasteiger partial charge in [-0.2, -0.15) is 0 Å². The van der Waals surface area contributed by atoms with E-state index in [2.05, 4.69) is 10.3 Å². The fraction of sp³-hybridized carbons (Fsp3) is 0.353. The Balaban J connectivity index is 1.51. The number of carboxylic acid groups (broad SMARTS) is 1. The van der Waals surface area contributed by atoms with Gasteiger partial charge in [0.15, 0.2) is 0 Å². The van der Waals surface area contributed by atoms with Gasteiger partial charge in [-0.05, 0) is 31.9 Å². The topological polar surface area (TPSA) is 88.5 Å². The highest BCUT2D eigenvalue weighted by atomic mass is 32.1. The summed E-state index contributed by atoms with van der Waals surface area (Å²) in [6, 6.07) is 7.75. The molecule has 1 fully saturated rings. The van der Waals surface area contributed by atoms with Crippen LogP contribution in [0.15, 0.2) is 29.6 Å². The summed E-state index contributed by atoms with van der Waals surface area (Å²) in [6.07, 6.45) is 1.05. The van der Waals surface area contributed by atoms with Crippen molar-refractivity contribution in [2.45, 2.75) is 38.3 Å². The minimum Gasteiger partial charge on any atom is -0.486 e. The second kappa shape index (κ2) is 6.60. The SMILES string of the molecule is Cc1ccc(OCc2nc(CC(=O)NC3(C(=O)O)CC3)cs2)cc1. The lowest BCUT2D eigenvalue weighted by atomic mass is 10.2. The van der Waals surface area contributed by atoms with Gasteiger partial charge in [0, 0.05) is 5.38 Å². The lowest BCUT2D eigenvalue weighted by Gasteiger charge is -2.11. The van der Waals surface area contributed by atoms with Gasteiger partial charge in [-0.15, -0.1) is 11.3 Å². The van der Waals surface area contributed by atoms with E-state index in [0.29, 0.717) is 25.1 Å². The number of amides is 1. The Morgan fingerprint density at radius 3 is 2.67 bits per heavy atom. The highest BCUT2D eigenvalue weighted by Gasteiger charge is 2.51. The van der Waals surface area contributed by atoms with Crippen molar-refractivity contribution in [3.63, 3.8) is 0 Å². The number of carboxylic acids is 1. The maximum Gasteiger partial charge on any atom is 0.329 e. The molecule has 0 bridgehead atoms. The Bertz CT molecular complexity index is 750. The van der Waals surface area contributed by atoms with Crippen LogP contribution in [0.5, 0.6) is 5.75 Å². The number of thiazole rings is 1. The number of carbonyl (C=O) groups is 2. The molecule has 24 heavy (non-hydrogen) atoms. The predicted octanol–water partition coefficient (Wildman–Crippen LogP) is 2.31. The third-order valence-electron chi connectivity index (χ3n) is 3.86. The van der Waals surface area contributed by atoms with E-state index in [1.165, 1.54) is 16.9 Å². The second-order valence-corrected chi connectivity index (χ2v) is 6.89. The van der Waals surface area contributed by atoms with Crippen LogP contribution in [0.4, 0.5) is 0 Å². The Morgan fingerprint density at radius 2 is 2.04 bits per heavy atom. The summed E-state index contributed by atoms with van der Waals surface area (Å²) in [5.74, 6) is -0.514. The number of aryl methyl sites for hydroxylation is 1. The van der Waals surface area contributed by atoms with Crippen LogP contribution in [0.25, 0.3) is 0 Å². The monoisotopic (exact) mass is 346 g/mol. The van der Waals surface area contributed by atoms with Crippen molar-refractivity contribution in [3.8, 4) is 5.75 Å². The first kappa shape index (κ1) is 16.4. The molecule has 1 aliphatic carbocycles. The average molecular weight is 346 g/mol. The zero-order valence-electron chi connectivity index (χ0n) is 13.2. The van der Waals surface area contributed by atoms with Gasteiger partial charge in [-0.25, -0.2) is 9.78 Å². The van der Waals surface area contributed by atoms with Gasteiger partial charge in [-0.1, -0.05) is 17.7 Å². The van der Waals surface area contributed by atoms with Gasteiger partial charge in [0.2, 0.25) is 5.91 Å². The molecule has 0 saturated heterocycles. The Labute approximate surface area is 143 Å². The van der Waals surface area contributed by atoms with Crippen LogP contribution in [0, 0.1) is 6.92 Å². The quantitative estimate of drug-likeness (QED) is 0.803. The second-order valence-electron chi connectivity index (χ2n) is 5.95. The first-order chi connectivity index (χ1) is 11.5. The highest BCUT2D eigenvalue weighted by Crippen LogP contribution is 2.35. The van der Waals surface area contributed by atoms with E-state index >= 15 is 0 Å². The Morgan fingerprint density at radius 1 is 1.33 bits per heavy atom. The van der Waals surface area contributed by atoms with E-state index in [-0.39, 0.29) is 12.3 Å². The number of carbonyl (C=O) groups excluding carboxylic acids is 1. The molecule has 0 radical (unpaired) electrons. The zero-order chi connectivity index (χ0) is 17.2. The molecule has 2 N–H and O–H groups in total. The minimum atomic E-state index is -1.05. The number of benzene rings is 1. The summed E-state index contributed by atoms with van der Waals surface area (Å²) in [5, 5.41) is 14.2. The Kier molecular flexibility index (Phi) is 4.53. The van der Waals surface area contributed by atoms with Gasteiger partial charge in [0.1, 0.15) is 22.9 Å². The molecule has 0 spiro atoms. The van der Waals surface area contributed by atoms with Crippen molar-refractivity contribution in [2.75, 3.05) is 0 Å². The molecule has 1 aromatic carbocycles. The molecule has 6 nitrogen and oxygen atoms in total. The van der Waals surface area contributed by atoms with Crippen molar-refractivity contribution in [1.29, 1.82) is 0 Å².